The Kier molecular flexibility index (Phi) is 12.1. The monoisotopic (exact) mass is 650 g/mol. The largest absolute Gasteiger partial charge is 0.496 e. The number of hydrogen-bond donors (Lipinski definition) is 0. The summed E-state index contributed by atoms with van der Waals surface area (Å²) in [5.74, 6) is -4.42. The van der Waals surface area contributed by atoms with E-state index in [4.69, 9.17) is 42.6 Å². The summed E-state index contributed by atoms with van der Waals surface area (Å²) in [5, 5.41) is 0. The molecule has 46 heavy (non-hydrogen) atoms. The fraction of sp³-hybridized carbons (Fsp3) is 0.548. The molecule has 15 nitrogen and oxygen atoms in total. The van der Waals surface area contributed by atoms with Gasteiger partial charge < -0.3 is 42.6 Å². The van der Waals surface area contributed by atoms with Gasteiger partial charge in [-0.2, -0.15) is 0 Å². The normalized spacial score (nSPS) is 22.1. The van der Waals surface area contributed by atoms with Crippen molar-refractivity contribution in [2.24, 2.45) is 0 Å². The number of methoxy groups -OCH3 is 3. The SMILES string of the molecule is COC(=O)CCC(C)=CCc1c(OC)c(C)c2c(c1O[C@@H]1O[C@H](C(=O)OC)[C@@H](OC(C)=O)[C@H](OC(C)=O)[C@H]1OC(C)=O)C(=O)OC2. The number of rotatable bonds is 12. The molecule has 15 heteroatoms. The van der Waals surface area contributed by atoms with Crippen molar-refractivity contribution >= 4 is 35.8 Å². The molecule has 0 unspecified atom stereocenters. The van der Waals surface area contributed by atoms with Gasteiger partial charge in [0.1, 0.15) is 23.7 Å². The van der Waals surface area contributed by atoms with E-state index in [0.717, 1.165) is 33.5 Å². The van der Waals surface area contributed by atoms with Crippen LogP contribution in [0.1, 0.15) is 67.6 Å². The average molecular weight is 651 g/mol. The van der Waals surface area contributed by atoms with Gasteiger partial charge in [0.15, 0.2) is 18.3 Å². The van der Waals surface area contributed by atoms with Gasteiger partial charge in [0.05, 0.1) is 21.3 Å². The summed E-state index contributed by atoms with van der Waals surface area (Å²) >= 11 is 0. The number of hydrogen-bond acceptors (Lipinski definition) is 15. The first-order valence-electron chi connectivity index (χ1n) is 14.3. The first-order valence-corrected chi connectivity index (χ1v) is 14.3. The lowest BCUT2D eigenvalue weighted by molar-refractivity contribution is -0.282. The Morgan fingerprint density at radius 2 is 1.43 bits per heavy atom. The molecule has 0 N–H and O–H groups in total. The van der Waals surface area contributed by atoms with Gasteiger partial charge in [0.25, 0.3) is 0 Å². The van der Waals surface area contributed by atoms with Gasteiger partial charge >= 0.3 is 35.8 Å². The van der Waals surface area contributed by atoms with Crippen molar-refractivity contribution in [3.63, 3.8) is 0 Å². The standard InChI is InChI=1S/C31H38O15/c1-14(10-12-21(35)38-6)9-11-19-23(39-7)15(2)20-13-41-29(36)22(20)24(19)45-31-28(44-18(5)34)26(43-17(4)33)25(42-16(3)32)27(46-31)30(37)40-8/h9,25-28,31H,10-13H2,1-8H3/t25-,26-,27-,28+,31+/m0/s1. The molecule has 1 saturated heterocycles. The van der Waals surface area contributed by atoms with Crippen molar-refractivity contribution in [1.29, 1.82) is 0 Å². The second-order valence-corrected chi connectivity index (χ2v) is 10.5. The van der Waals surface area contributed by atoms with E-state index in [9.17, 15) is 28.8 Å². The van der Waals surface area contributed by atoms with Crippen LogP contribution < -0.4 is 9.47 Å². The fourth-order valence-electron chi connectivity index (χ4n) is 5.21. The maximum atomic E-state index is 13.1. The molecular weight excluding hydrogens is 612 g/mol. The number of allylic oxidation sites excluding steroid dienone is 2. The molecule has 0 saturated carbocycles. The number of carbonyl (C=O) groups is 6. The first kappa shape index (κ1) is 35.8. The van der Waals surface area contributed by atoms with Crippen molar-refractivity contribution in [3.8, 4) is 11.5 Å². The van der Waals surface area contributed by atoms with Crippen LogP contribution >= 0.6 is 0 Å². The molecule has 1 aromatic rings. The molecule has 1 aromatic carbocycles. The van der Waals surface area contributed by atoms with Crippen LogP contribution in [-0.2, 0) is 70.2 Å². The van der Waals surface area contributed by atoms with Gasteiger partial charge in [-0.25, -0.2) is 9.59 Å². The molecule has 0 aliphatic carbocycles. The van der Waals surface area contributed by atoms with Crippen LogP contribution in [0, 0.1) is 6.92 Å². The van der Waals surface area contributed by atoms with Crippen molar-refractivity contribution in [2.75, 3.05) is 21.3 Å². The fourth-order valence-corrected chi connectivity index (χ4v) is 5.21. The minimum atomic E-state index is -1.72. The van der Waals surface area contributed by atoms with Crippen LogP contribution in [0.2, 0.25) is 0 Å². The second-order valence-electron chi connectivity index (χ2n) is 10.5. The van der Waals surface area contributed by atoms with Crippen molar-refractivity contribution in [2.45, 2.75) is 91.2 Å². The average Bonchev–Trinajstić information content (AvgIpc) is 3.39. The molecule has 0 aromatic heterocycles. The van der Waals surface area contributed by atoms with Gasteiger partial charge in [-0.1, -0.05) is 11.6 Å². The highest BCUT2D eigenvalue weighted by Crippen LogP contribution is 2.44. The van der Waals surface area contributed by atoms with Gasteiger partial charge in [0, 0.05) is 38.3 Å². The van der Waals surface area contributed by atoms with E-state index in [1.54, 1.807) is 13.0 Å². The lowest BCUT2D eigenvalue weighted by atomic mass is 9.94. The Labute approximate surface area is 265 Å². The number of ether oxygens (including phenoxy) is 9. The summed E-state index contributed by atoms with van der Waals surface area (Å²) in [6, 6.07) is 0. The molecule has 0 radical (unpaired) electrons. The Morgan fingerprint density at radius 3 is 2.00 bits per heavy atom. The Bertz CT molecular complexity index is 1410. The van der Waals surface area contributed by atoms with E-state index in [2.05, 4.69) is 0 Å². The van der Waals surface area contributed by atoms with Crippen molar-refractivity contribution < 1.29 is 71.4 Å². The predicted molar refractivity (Wildman–Crippen MR) is 154 cm³/mol. The van der Waals surface area contributed by atoms with Gasteiger partial charge in [-0.15, -0.1) is 0 Å². The molecule has 0 bridgehead atoms. The van der Waals surface area contributed by atoms with E-state index in [-0.39, 0.29) is 36.7 Å². The van der Waals surface area contributed by atoms with E-state index < -0.39 is 60.6 Å². The maximum absolute atomic E-state index is 13.1. The minimum absolute atomic E-state index is 0.0415. The molecule has 2 aliphatic rings. The van der Waals surface area contributed by atoms with Crippen molar-refractivity contribution in [3.05, 3.63) is 33.9 Å². The molecule has 5 atom stereocenters. The zero-order chi connectivity index (χ0) is 34.3. The Hall–Kier alpha value is -4.66. The number of esters is 6. The molecule has 252 valence electrons. The highest BCUT2D eigenvalue weighted by Gasteiger charge is 2.56. The lowest BCUT2D eigenvalue weighted by Crippen LogP contribution is -2.64. The summed E-state index contributed by atoms with van der Waals surface area (Å²) in [6.07, 6.45) is -5.81. The third kappa shape index (κ3) is 8.13. The maximum Gasteiger partial charge on any atom is 0.342 e. The number of benzene rings is 1. The molecule has 2 heterocycles. The smallest absolute Gasteiger partial charge is 0.342 e. The van der Waals surface area contributed by atoms with Crippen LogP contribution in [0.15, 0.2) is 11.6 Å². The third-order valence-corrected chi connectivity index (χ3v) is 7.30. The van der Waals surface area contributed by atoms with E-state index >= 15 is 0 Å². The molecular formula is C31H38O15. The van der Waals surface area contributed by atoms with Gasteiger partial charge in [-0.3, -0.25) is 19.2 Å². The zero-order valence-electron chi connectivity index (χ0n) is 26.9. The van der Waals surface area contributed by atoms with Gasteiger partial charge in [-0.05, 0) is 32.3 Å². The van der Waals surface area contributed by atoms with Gasteiger partial charge in [0.2, 0.25) is 12.4 Å². The number of fused-ring (bicyclic) bond motifs is 1. The molecule has 1 fully saturated rings. The van der Waals surface area contributed by atoms with E-state index in [0.29, 0.717) is 28.9 Å². The zero-order valence-corrected chi connectivity index (χ0v) is 26.9. The molecule has 0 spiro atoms. The summed E-state index contributed by atoms with van der Waals surface area (Å²) in [6.45, 7) is 6.66. The molecule has 0 amide bonds. The van der Waals surface area contributed by atoms with Crippen LogP contribution in [0.25, 0.3) is 0 Å². The topological polar surface area (TPSA) is 185 Å². The molecule has 2 aliphatic heterocycles. The summed E-state index contributed by atoms with van der Waals surface area (Å²) in [7, 11) is 3.79. The predicted octanol–water partition coefficient (Wildman–Crippen LogP) is 2.19. The summed E-state index contributed by atoms with van der Waals surface area (Å²) < 4.78 is 49.1. The minimum Gasteiger partial charge on any atom is -0.496 e. The van der Waals surface area contributed by atoms with E-state index in [1.165, 1.54) is 14.2 Å². The summed E-state index contributed by atoms with van der Waals surface area (Å²) in [4.78, 5) is 74.2. The first-order chi connectivity index (χ1) is 21.7. The van der Waals surface area contributed by atoms with E-state index in [1.807, 2.05) is 6.92 Å². The van der Waals surface area contributed by atoms with Crippen LogP contribution in [0.5, 0.6) is 11.5 Å². The number of cyclic esters (lactones) is 1. The summed E-state index contributed by atoms with van der Waals surface area (Å²) in [5.41, 5.74) is 2.29. The third-order valence-electron chi connectivity index (χ3n) is 7.30. The second kappa shape index (κ2) is 15.6. The Balaban J connectivity index is 2.21. The number of carbonyl (C=O) groups excluding carboxylic acids is 6. The lowest BCUT2D eigenvalue weighted by Gasteiger charge is -2.43. The highest BCUT2D eigenvalue weighted by atomic mass is 16.7. The van der Waals surface area contributed by atoms with Crippen molar-refractivity contribution in [1.82, 2.24) is 0 Å². The highest BCUT2D eigenvalue weighted by molar-refractivity contribution is 5.98. The molecule has 3 rings (SSSR count). The Morgan fingerprint density at radius 1 is 0.826 bits per heavy atom. The van der Waals surface area contributed by atoms with Crippen LogP contribution in [0.3, 0.4) is 0 Å². The quantitative estimate of drug-likeness (QED) is 0.182. The van der Waals surface area contributed by atoms with Crippen LogP contribution in [0.4, 0.5) is 0 Å². The van der Waals surface area contributed by atoms with Crippen LogP contribution in [-0.4, -0.2) is 87.9 Å².